The zero-order valence-corrected chi connectivity index (χ0v) is 11.4. The first kappa shape index (κ1) is 13.7. The molecule has 2 rings (SSSR count). The molecule has 0 aliphatic carbocycles. The molecule has 1 atom stereocenters. The van der Waals surface area contributed by atoms with E-state index in [2.05, 4.69) is 0 Å². The second-order valence-corrected chi connectivity index (χ2v) is 4.72. The number of methoxy groups -OCH3 is 2. The number of rotatable bonds is 3. The van der Waals surface area contributed by atoms with Crippen LogP contribution in [0.5, 0.6) is 11.5 Å². The first-order valence-corrected chi connectivity index (χ1v) is 6.42. The summed E-state index contributed by atoms with van der Waals surface area (Å²) in [5, 5.41) is 0. The molecule has 1 aliphatic rings. The Hall–Kier alpha value is -1.75. The molecule has 1 aliphatic heterocycles. The third-order valence-corrected chi connectivity index (χ3v) is 3.38. The number of nitrogens with two attached hydrogens (primary N) is 1. The maximum Gasteiger partial charge on any atom is 0.257 e. The molecular formula is C14H20N2O3. The smallest absolute Gasteiger partial charge is 0.257 e. The Balaban J connectivity index is 2.22. The molecule has 19 heavy (non-hydrogen) atoms. The third-order valence-electron chi connectivity index (χ3n) is 3.38. The fourth-order valence-electron chi connectivity index (χ4n) is 2.34. The van der Waals surface area contributed by atoms with E-state index in [1.165, 1.54) is 0 Å². The van der Waals surface area contributed by atoms with Crippen molar-refractivity contribution in [1.29, 1.82) is 0 Å². The second kappa shape index (κ2) is 5.93. The van der Waals surface area contributed by atoms with Crippen LogP contribution in [0.2, 0.25) is 0 Å². The summed E-state index contributed by atoms with van der Waals surface area (Å²) < 4.78 is 10.4. The molecule has 5 heteroatoms. The Labute approximate surface area is 113 Å². The zero-order chi connectivity index (χ0) is 13.8. The van der Waals surface area contributed by atoms with Crippen LogP contribution in [0.4, 0.5) is 0 Å². The summed E-state index contributed by atoms with van der Waals surface area (Å²) in [7, 11) is 3.13. The molecule has 1 heterocycles. The van der Waals surface area contributed by atoms with Gasteiger partial charge in [0.25, 0.3) is 5.91 Å². The Morgan fingerprint density at radius 1 is 1.37 bits per heavy atom. The fourth-order valence-corrected chi connectivity index (χ4v) is 2.34. The topological polar surface area (TPSA) is 64.8 Å². The van der Waals surface area contributed by atoms with Crippen molar-refractivity contribution in [3.8, 4) is 11.5 Å². The van der Waals surface area contributed by atoms with E-state index in [4.69, 9.17) is 15.2 Å². The molecule has 1 fully saturated rings. The lowest BCUT2D eigenvalue weighted by molar-refractivity contribution is 0.0705. The Kier molecular flexibility index (Phi) is 4.27. The number of likely N-dealkylation sites (tertiary alicyclic amines) is 1. The van der Waals surface area contributed by atoms with Gasteiger partial charge in [0, 0.05) is 25.2 Å². The molecule has 0 aromatic heterocycles. The molecule has 104 valence electrons. The van der Waals surface area contributed by atoms with E-state index in [0.717, 1.165) is 19.4 Å². The predicted molar refractivity (Wildman–Crippen MR) is 72.7 cm³/mol. The predicted octanol–water partition coefficient (Wildman–Crippen LogP) is 1.27. The van der Waals surface area contributed by atoms with Gasteiger partial charge in [-0.2, -0.15) is 0 Å². The highest BCUT2D eigenvalue weighted by atomic mass is 16.5. The van der Waals surface area contributed by atoms with Crippen LogP contribution in [0.15, 0.2) is 18.2 Å². The van der Waals surface area contributed by atoms with Crippen molar-refractivity contribution >= 4 is 5.91 Å². The second-order valence-electron chi connectivity index (χ2n) is 4.72. The summed E-state index contributed by atoms with van der Waals surface area (Å²) in [5.41, 5.74) is 6.47. The molecule has 0 bridgehead atoms. The van der Waals surface area contributed by atoms with E-state index < -0.39 is 0 Å². The fraction of sp³-hybridized carbons (Fsp3) is 0.500. The molecule has 0 spiro atoms. The van der Waals surface area contributed by atoms with Gasteiger partial charge in [-0.15, -0.1) is 0 Å². The van der Waals surface area contributed by atoms with Gasteiger partial charge in [-0.05, 0) is 25.0 Å². The van der Waals surface area contributed by atoms with Crippen molar-refractivity contribution < 1.29 is 14.3 Å². The van der Waals surface area contributed by atoms with Crippen LogP contribution in [0, 0.1) is 0 Å². The highest BCUT2D eigenvalue weighted by molar-refractivity contribution is 5.97. The van der Waals surface area contributed by atoms with Crippen LogP contribution in [0.25, 0.3) is 0 Å². The van der Waals surface area contributed by atoms with Crippen molar-refractivity contribution in [2.24, 2.45) is 5.73 Å². The average molecular weight is 264 g/mol. The van der Waals surface area contributed by atoms with Gasteiger partial charge in [0.05, 0.1) is 19.8 Å². The lowest BCUT2D eigenvalue weighted by Gasteiger charge is -2.31. The van der Waals surface area contributed by atoms with Gasteiger partial charge in [-0.3, -0.25) is 4.79 Å². The standard InChI is InChI=1S/C14H20N2O3/c1-18-11-5-6-12(13(8-11)19-2)14(17)16-7-3-4-10(15)9-16/h5-6,8,10H,3-4,7,9,15H2,1-2H3/t10-/m1/s1. The summed E-state index contributed by atoms with van der Waals surface area (Å²) in [6.07, 6.45) is 1.93. The van der Waals surface area contributed by atoms with Crippen molar-refractivity contribution in [2.75, 3.05) is 27.3 Å². The lowest BCUT2D eigenvalue weighted by Crippen LogP contribution is -2.45. The van der Waals surface area contributed by atoms with Crippen LogP contribution in [0.1, 0.15) is 23.2 Å². The van der Waals surface area contributed by atoms with E-state index in [9.17, 15) is 4.79 Å². The summed E-state index contributed by atoms with van der Waals surface area (Å²) >= 11 is 0. The molecule has 1 amide bonds. The van der Waals surface area contributed by atoms with Crippen LogP contribution >= 0.6 is 0 Å². The number of carbonyl (C=O) groups is 1. The van der Waals surface area contributed by atoms with Gasteiger partial charge < -0.3 is 20.1 Å². The molecule has 0 saturated carbocycles. The van der Waals surface area contributed by atoms with E-state index in [0.29, 0.717) is 23.6 Å². The molecule has 1 saturated heterocycles. The maximum atomic E-state index is 12.5. The number of ether oxygens (including phenoxy) is 2. The number of carbonyl (C=O) groups excluding carboxylic acids is 1. The number of amides is 1. The Morgan fingerprint density at radius 2 is 2.16 bits per heavy atom. The summed E-state index contributed by atoms with van der Waals surface area (Å²) in [6.45, 7) is 1.36. The minimum absolute atomic E-state index is 0.0327. The molecule has 1 aromatic rings. The van der Waals surface area contributed by atoms with Crippen LogP contribution in [-0.4, -0.2) is 44.2 Å². The van der Waals surface area contributed by atoms with E-state index in [1.54, 1.807) is 37.3 Å². The average Bonchev–Trinajstić information content (AvgIpc) is 2.45. The molecule has 1 aromatic carbocycles. The number of hydrogen-bond acceptors (Lipinski definition) is 4. The number of piperidine rings is 1. The first-order chi connectivity index (χ1) is 9.15. The van der Waals surface area contributed by atoms with Crippen LogP contribution in [0.3, 0.4) is 0 Å². The number of hydrogen-bond donors (Lipinski definition) is 1. The molecule has 0 unspecified atom stereocenters. The van der Waals surface area contributed by atoms with Crippen molar-refractivity contribution in [3.63, 3.8) is 0 Å². The molecular weight excluding hydrogens is 244 g/mol. The maximum absolute atomic E-state index is 12.5. The Bertz CT molecular complexity index is 462. The third kappa shape index (κ3) is 2.98. The minimum atomic E-state index is -0.0327. The zero-order valence-electron chi connectivity index (χ0n) is 11.4. The number of benzene rings is 1. The molecule has 2 N–H and O–H groups in total. The first-order valence-electron chi connectivity index (χ1n) is 6.42. The monoisotopic (exact) mass is 264 g/mol. The van der Waals surface area contributed by atoms with E-state index >= 15 is 0 Å². The Morgan fingerprint density at radius 3 is 2.79 bits per heavy atom. The van der Waals surface area contributed by atoms with Gasteiger partial charge in [0.15, 0.2) is 0 Å². The summed E-state index contributed by atoms with van der Waals surface area (Å²) in [6, 6.07) is 5.29. The number of nitrogens with zero attached hydrogens (tertiary/aromatic N) is 1. The molecule has 0 radical (unpaired) electrons. The SMILES string of the molecule is COc1ccc(C(=O)N2CCC[C@@H](N)C2)c(OC)c1. The minimum Gasteiger partial charge on any atom is -0.497 e. The highest BCUT2D eigenvalue weighted by Crippen LogP contribution is 2.26. The van der Waals surface area contributed by atoms with E-state index in [-0.39, 0.29) is 11.9 Å². The van der Waals surface area contributed by atoms with Crippen LogP contribution in [-0.2, 0) is 0 Å². The van der Waals surface area contributed by atoms with Gasteiger partial charge in [0.1, 0.15) is 11.5 Å². The highest BCUT2D eigenvalue weighted by Gasteiger charge is 2.24. The van der Waals surface area contributed by atoms with Crippen LogP contribution < -0.4 is 15.2 Å². The summed E-state index contributed by atoms with van der Waals surface area (Å²) in [5.74, 6) is 1.17. The normalized spacial score (nSPS) is 19.1. The van der Waals surface area contributed by atoms with E-state index in [1.807, 2.05) is 0 Å². The van der Waals surface area contributed by atoms with Gasteiger partial charge in [0.2, 0.25) is 0 Å². The lowest BCUT2D eigenvalue weighted by atomic mass is 10.0. The quantitative estimate of drug-likeness (QED) is 0.893. The van der Waals surface area contributed by atoms with Gasteiger partial charge >= 0.3 is 0 Å². The van der Waals surface area contributed by atoms with Gasteiger partial charge in [-0.1, -0.05) is 0 Å². The van der Waals surface area contributed by atoms with Gasteiger partial charge in [-0.25, -0.2) is 0 Å². The summed E-state index contributed by atoms with van der Waals surface area (Å²) in [4.78, 5) is 14.3. The molecule has 5 nitrogen and oxygen atoms in total. The largest absolute Gasteiger partial charge is 0.497 e. The van der Waals surface area contributed by atoms with Crippen molar-refractivity contribution in [1.82, 2.24) is 4.90 Å². The van der Waals surface area contributed by atoms with Crippen molar-refractivity contribution in [2.45, 2.75) is 18.9 Å². The van der Waals surface area contributed by atoms with Crippen molar-refractivity contribution in [3.05, 3.63) is 23.8 Å².